The highest BCUT2D eigenvalue weighted by molar-refractivity contribution is 7.94. The summed E-state index contributed by atoms with van der Waals surface area (Å²) >= 11 is 0. The lowest BCUT2D eigenvalue weighted by Crippen LogP contribution is -2.51. The summed E-state index contributed by atoms with van der Waals surface area (Å²) in [6, 6.07) is 3.97. The van der Waals surface area contributed by atoms with Crippen molar-refractivity contribution in [2.45, 2.75) is 95.5 Å². The number of sulfone groups is 1. The van der Waals surface area contributed by atoms with Gasteiger partial charge in [0.25, 0.3) is 0 Å². The number of carbonyl (C=O) groups excluding carboxylic acids is 1. The minimum atomic E-state index is -3.29. The zero-order valence-corrected chi connectivity index (χ0v) is 23.1. The Morgan fingerprint density at radius 1 is 1.14 bits per heavy atom. The molecule has 1 aliphatic heterocycles. The maximum atomic E-state index is 13.2. The summed E-state index contributed by atoms with van der Waals surface area (Å²) in [6.45, 7) is 11.8. The van der Waals surface area contributed by atoms with Crippen LogP contribution in [0.15, 0.2) is 24.4 Å². The van der Waals surface area contributed by atoms with E-state index in [4.69, 9.17) is 11.4 Å². The molecule has 2 aromatic rings. The number of nitrogens with zero attached hydrogens (tertiary/aromatic N) is 2. The first-order valence-electron chi connectivity index (χ1n) is 12.6. The number of carbonyl (C=O) groups is 1. The van der Waals surface area contributed by atoms with Gasteiger partial charge >= 0.3 is 0 Å². The second-order valence-electron chi connectivity index (χ2n) is 12.4. The van der Waals surface area contributed by atoms with Crippen molar-refractivity contribution in [3.8, 4) is 12.3 Å². The Balaban J connectivity index is 1.73. The first-order chi connectivity index (χ1) is 16.7. The molecular weight excluding hydrogens is 470 g/mol. The van der Waals surface area contributed by atoms with Gasteiger partial charge in [-0.05, 0) is 82.4 Å². The normalized spacial score (nSPS) is 22.4. The topological polar surface area (TPSA) is 92.8 Å². The minimum absolute atomic E-state index is 0.0194. The number of nitrogens with one attached hydrogen (secondary N) is 1. The second kappa shape index (κ2) is 8.99. The SMILES string of the molecule is C#Cc1cnc(C(=O)Cc2ccc(C3CC(C)(C)S(=O)(=O)C(C)(C)C3)nc2C2=CCC(C)(C)CC2)[nH]1. The summed E-state index contributed by atoms with van der Waals surface area (Å²) in [6.07, 6.45) is 13.3. The standard InChI is InChI=1S/C29H37N3O3S/c1-8-22-18-30-26(31-22)24(33)15-20-9-10-23(32-25(20)19-11-13-27(2,3)14-12-19)21-16-28(4,5)36(34,35)29(6,7)17-21/h1,9-11,18,21H,12-17H2,2-7H3,(H,30,31). The van der Waals surface area contributed by atoms with Crippen molar-refractivity contribution in [2.75, 3.05) is 0 Å². The van der Waals surface area contributed by atoms with Crippen LogP contribution in [0.5, 0.6) is 0 Å². The van der Waals surface area contributed by atoms with Crippen molar-refractivity contribution in [3.05, 3.63) is 52.9 Å². The Morgan fingerprint density at radius 2 is 1.81 bits per heavy atom. The van der Waals surface area contributed by atoms with Crippen LogP contribution in [0.1, 0.15) is 113 Å². The average molecular weight is 508 g/mol. The number of imidazole rings is 1. The molecular formula is C29H37N3O3S. The van der Waals surface area contributed by atoms with E-state index in [1.54, 1.807) is 0 Å². The Labute approximate surface area is 215 Å². The third kappa shape index (κ3) is 4.80. The van der Waals surface area contributed by atoms with Crippen LogP contribution in [0.3, 0.4) is 0 Å². The van der Waals surface area contributed by atoms with Crippen LogP contribution in [0, 0.1) is 17.8 Å². The lowest BCUT2D eigenvalue weighted by molar-refractivity contribution is 0.0983. The molecule has 3 heterocycles. The number of ketones is 1. The molecule has 36 heavy (non-hydrogen) atoms. The van der Waals surface area contributed by atoms with Crippen LogP contribution in [0.2, 0.25) is 0 Å². The van der Waals surface area contributed by atoms with Crippen LogP contribution < -0.4 is 0 Å². The van der Waals surface area contributed by atoms with E-state index in [1.807, 2.05) is 39.8 Å². The highest BCUT2D eigenvalue weighted by Gasteiger charge is 2.52. The zero-order chi connectivity index (χ0) is 26.5. The highest BCUT2D eigenvalue weighted by atomic mass is 32.2. The monoisotopic (exact) mass is 507 g/mol. The third-order valence-corrected chi connectivity index (χ3v) is 11.2. The number of pyridine rings is 1. The van der Waals surface area contributed by atoms with Crippen molar-refractivity contribution in [1.29, 1.82) is 0 Å². The summed E-state index contributed by atoms with van der Waals surface area (Å²) in [5.41, 5.74) is 4.48. The van der Waals surface area contributed by atoms with E-state index in [9.17, 15) is 13.2 Å². The number of aromatic nitrogens is 3. The number of hydrogen-bond acceptors (Lipinski definition) is 5. The fourth-order valence-corrected chi connectivity index (χ4v) is 8.01. The van der Waals surface area contributed by atoms with E-state index in [1.165, 1.54) is 6.20 Å². The quantitative estimate of drug-likeness (QED) is 0.417. The van der Waals surface area contributed by atoms with Crippen molar-refractivity contribution < 1.29 is 13.2 Å². The second-order valence-corrected chi connectivity index (χ2v) is 15.6. The van der Waals surface area contributed by atoms with Gasteiger partial charge in [-0.3, -0.25) is 9.78 Å². The predicted octanol–water partition coefficient (Wildman–Crippen LogP) is 5.65. The Bertz CT molecular complexity index is 1350. The molecule has 1 saturated heterocycles. The molecule has 1 N–H and O–H groups in total. The third-order valence-electron chi connectivity index (χ3n) is 7.97. The van der Waals surface area contributed by atoms with E-state index in [0.717, 1.165) is 41.8 Å². The summed E-state index contributed by atoms with van der Waals surface area (Å²) < 4.78 is 24.6. The van der Waals surface area contributed by atoms with E-state index in [2.05, 4.69) is 35.8 Å². The highest BCUT2D eigenvalue weighted by Crippen LogP contribution is 2.48. The van der Waals surface area contributed by atoms with Gasteiger partial charge in [0.15, 0.2) is 15.7 Å². The number of allylic oxidation sites excluding steroid dienone is 2. The predicted molar refractivity (Wildman–Crippen MR) is 143 cm³/mol. The maximum absolute atomic E-state index is 13.2. The van der Waals surface area contributed by atoms with Gasteiger partial charge in [-0.1, -0.05) is 31.9 Å². The smallest absolute Gasteiger partial charge is 0.202 e. The molecule has 192 valence electrons. The molecule has 6 nitrogen and oxygen atoms in total. The van der Waals surface area contributed by atoms with Crippen LogP contribution in [-0.4, -0.2) is 38.6 Å². The lowest BCUT2D eigenvalue weighted by atomic mass is 9.77. The molecule has 2 aliphatic rings. The summed E-state index contributed by atoms with van der Waals surface area (Å²) in [5.74, 6) is 2.59. The van der Waals surface area contributed by atoms with Gasteiger partial charge in [0, 0.05) is 18.0 Å². The average Bonchev–Trinajstić information content (AvgIpc) is 3.27. The molecule has 0 aromatic carbocycles. The molecule has 0 radical (unpaired) electrons. The van der Waals surface area contributed by atoms with Gasteiger partial charge in [-0.25, -0.2) is 13.4 Å². The van der Waals surface area contributed by atoms with E-state index in [0.29, 0.717) is 18.5 Å². The number of Topliss-reactive ketones (excluding diaryl/α,β-unsaturated/α-hetero) is 1. The molecule has 0 atom stereocenters. The number of hydrogen-bond donors (Lipinski definition) is 1. The van der Waals surface area contributed by atoms with Gasteiger partial charge in [0.1, 0.15) is 5.69 Å². The Hall–Kier alpha value is -2.72. The zero-order valence-electron chi connectivity index (χ0n) is 22.2. The molecule has 7 heteroatoms. The molecule has 0 amide bonds. The fraction of sp³-hybridized carbons (Fsp3) is 0.552. The molecule has 0 saturated carbocycles. The Morgan fingerprint density at radius 3 is 2.36 bits per heavy atom. The maximum Gasteiger partial charge on any atom is 0.202 e. The van der Waals surface area contributed by atoms with E-state index < -0.39 is 19.3 Å². The molecule has 4 rings (SSSR count). The summed E-state index contributed by atoms with van der Waals surface area (Å²) in [7, 11) is -3.29. The Kier molecular flexibility index (Phi) is 6.58. The van der Waals surface area contributed by atoms with Gasteiger partial charge in [0.05, 0.1) is 21.4 Å². The van der Waals surface area contributed by atoms with Crippen LogP contribution in [0.4, 0.5) is 0 Å². The fourth-order valence-electron chi connectivity index (χ4n) is 5.67. The molecule has 0 spiro atoms. The van der Waals surface area contributed by atoms with Crippen LogP contribution in [-0.2, 0) is 16.3 Å². The van der Waals surface area contributed by atoms with Gasteiger partial charge in [0.2, 0.25) is 5.78 Å². The molecule has 1 aliphatic carbocycles. The van der Waals surface area contributed by atoms with Crippen LogP contribution in [0.25, 0.3) is 5.57 Å². The first-order valence-corrected chi connectivity index (χ1v) is 14.1. The summed E-state index contributed by atoms with van der Waals surface area (Å²) in [5, 5.41) is 0. The van der Waals surface area contributed by atoms with Crippen molar-refractivity contribution in [2.24, 2.45) is 5.41 Å². The molecule has 1 fully saturated rings. The number of aromatic amines is 1. The van der Waals surface area contributed by atoms with Crippen molar-refractivity contribution in [3.63, 3.8) is 0 Å². The van der Waals surface area contributed by atoms with Crippen molar-refractivity contribution >= 4 is 21.2 Å². The molecule has 0 unspecified atom stereocenters. The largest absolute Gasteiger partial charge is 0.329 e. The number of H-pyrrole nitrogens is 1. The van der Waals surface area contributed by atoms with Gasteiger partial charge in [-0.2, -0.15) is 0 Å². The summed E-state index contributed by atoms with van der Waals surface area (Å²) in [4.78, 5) is 25.2. The van der Waals surface area contributed by atoms with E-state index in [-0.39, 0.29) is 29.4 Å². The lowest BCUT2D eigenvalue weighted by Gasteiger charge is -2.44. The number of rotatable bonds is 5. The molecule has 2 aromatic heterocycles. The van der Waals surface area contributed by atoms with Crippen molar-refractivity contribution in [1.82, 2.24) is 15.0 Å². The van der Waals surface area contributed by atoms with Gasteiger partial charge in [-0.15, -0.1) is 6.42 Å². The molecule has 0 bridgehead atoms. The minimum Gasteiger partial charge on any atom is -0.329 e. The number of terminal acetylenes is 1. The first kappa shape index (κ1) is 26.3. The van der Waals surface area contributed by atoms with Crippen LogP contribution >= 0.6 is 0 Å². The van der Waals surface area contributed by atoms with E-state index >= 15 is 0 Å². The van der Waals surface area contributed by atoms with Gasteiger partial charge < -0.3 is 4.98 Å².